The summed E-state index contributed by atoms with van der Waals surface area (Å²) >= 11 is 0. The van der Waals surface area contributed by atoms with Gasteiger partial charge in [0.05, 0.1) is 0 Å². The van der Waals surface area contributed by atoms with Gasteiger partial charge in [0.25, 0.3) is 0 Å². The highest BCUT2D eigenvalue weighted by Crippen LogP contribution is 2.57. The minimum absolute atomic E-state index is 0.0453. The number of rotatable bonds is 3. The van der Waals surface area contributed by atoms with Gasteiger partial charge >= 0.3 is 12.1 Å². The van der Waals surface area contributed by atoms with Gasteiger partial charge in [-0.1, -0.05) is 42.5 Å². The Morgan fingerprint density at radius 3 is 2.79 bits per heavy atom. The number of hydrogen-bond donors (Lipinski definition) is 1. The first-order valence-electron chi connectivity index (χ1n) is 9.67. The highest BCUT2D eigenvalue weighted by atomic mass is 16.6. The van der Waals surface area contributed by atoms with Crippen molar-refractivity contribution in [2.75, 3.05) is 0 Å². The lowest BCUT2D eigenvalue weighted by molar-refractivity contribution is -0.154. The minimum atomic E-state index is -0.822. The number of alkyl carbamates (subject to hydrolysis) is 1. The molecule has 1 aromatic carbocycles. The van der Waals surface area contributed by atoms with Crippen LogP contribution in [-0.4, -0.2) is 29.5 Å². The van der Waals surface area contributed by atoms with Crippen molar-refractivity contribution in [2.24, 2.45) is 23.7 Å². The summed E-state index contributed by atoms with van der Waals surface area (Å²) in [5, 5.41) is 2.63. The first kappa shape index (κ1) is 17.2. The third kappa shape index (κ3) is 2.66. The Morgan fingerprint density at radius 1 is 1.18 bits per heavy atom. The molecule has 1 spiro atoms. The maximum Gasteiger partial charge on any atom is 0.408 e. The lowest BCUT2D eigenvalue weighted by Gasteiger charge is -2.41. The van der Waals surface area contributed by atoms with Crippen LogP contribution in [-0.2, 0) is 25.7 Å². The van der Waals surface area contributed by atoms with E-state index in [2.05, 4.69) is 17.5 Å². The van der Waals surface area contributed by atoms with E-state index in [1.165, 1.54) is 0 Å². The van der Waals surface area contributed by atoms with Crippen LogP contribution in [0, 0.1) is 23.7 Å². The second-order valence-corrected chi connectivity index (χ2v) is 8.07. The van der Waals surface area contributed by atoms with E-state index in [4.69, 9.17) is 9.47 Å². The highest BCUT2D eigenvalue weighted by Gasteiger charge is 2.62. The summed E-state index contributed by atoms with van der Waals surface area (Å²) in [5.41, 5.74) is 0.0467. The van der Waals surface area contributed by atoms with Crippen LogP contribution in [0.4, 0.5) is 4.79 Å². The third-order valence-electron chi connectivity index (χ3n) is 6.48. The van der Waals surface area contributed by atoms with Crippen LogP contribution in [0.25, 0.3) is 0 Å². The predicted octanol–water partition coefficient (Wildman–Crippen LogP) is 2.54. The number of carbonyl (C=O) groups is 3. The molecule has 2 unspecified atom stereocenters. The van der Waals surface area contributed by atoms with E-state index < -0.39 is 23.7 Å². The molecule has 5 rings (SSSR count). The number of esters is 1. The molecule has 1 N–H and O–H groups in total. The van der Waals surface area contributed by atoms with Crippen LogP contribution in [0.5, 0.6) is 0 Å². The van der Waals surface area contributed by atoms with E-state index in [0.29, 0.717) is 6.42 Å². The van der Waals surface area contributed by atoms with Crippen molar-refractivity contribution in [2.45, 2.75) is 31.1 Å². The zero-order valence-electron chi connectivity index (χ0n) is 15.2. The van der Waals surface area contributed by atoms with Crippen molar-refractivity contribution in [1.29, 1.82) is 0 Å². The monoisotopic (exact) mass is 379 g/mol. The van der Waals surface area contributed by atoms with Crippen LogP contribution < -0.4 is 5.32 Å². The van der Waals surface area contributed by atoms with Gasteiger partial charge in [-0.05, 0) is 36.0 Å². The second-order valence-electron chi connectivity index (χ2n) is 8.07. The van der Waals surface area contributed by atoms with Gasteiger partial charge in [0.15, 0.2) is 5.78 Å². The van der Waals surface area contributed by atoms with Gasteiger partial charge in [-0.3, -0.25) is 4.79 Å². The van der Waals surface area contributed by atoms with Gasteiger partial charge in [-0.2, -0.15) is 0 Å². The summed E-state index contributed by atoms with van der Waals surface area (Å²) in [4.78, 5) is 37.1. The van der Waals surface area contributed by atoms with Crippen LogP contribution in [0.2, 0.25) is 0 Å². The molecule has 1 aliphatic heterocycles. The van der Waals surface area contributed by atoms with Crippen LogP contribution in [0.1, 0.15) is 18.4 Å². The summed E-state index contributed by atoms with van der Waals surface area (Å²) in [6.45, 7) is 0.132. The Kier molecular flexibility index (Phi) is 3.89. The summed E-state index contributed by atoms with van der Waals surface area (Å²) in [7, 11) is 0. The largest absolute Gasteiger partial charge is 0.453 e. The fourth-order valence-electron chi connectivity index (χ4n) is 5.35. The molecule has 2 bridgehead atoms. The minimum Gasteiger partial charge on any atom is -0.453 e. The standard InChI is InChI=1S/C22H21NO5/c24-17-8-9-22(19-15-7-6-14(10-15)18(17)19)11-16(20(25)28-22)23-21(26)27-12-13-4-2-1-3-5-13/h1-9,14-16,18-19H,10-12H2,(H,23,26)/t14?,15?,16-,18-,19-,22-/m0/s1. The molecule has 6 atom stereocenters. The average Bonchev–Trinajstić information content (AvgIpc) is 3.39. The van der Waals surface area contributed by atoms with E-state index in [9.17, 15) is 14.4 Å². The molecule has 0 radical (unpaired) electrons. The Balaban J connectivity index is 1.28. The zero-order chi connectivity index (χ0) is 19.3. The Labute approximate surface area is 162 Å². The van der Waals surface area contributed by atoms with Crippen molar-refractivity contribution >= 4 is 17.8 Å². The molecule has 6 heteroatoms. The molecule has 1 saturated heterocycles. The van der Waals surface area contributed by atoms with E-state index in [0.717, 1.165) is 12.0 Å². The molecule has 28 heavy (non-hydrogen) atoms. The van der Waals surface area contributed by atoms with Crippen LogP contribution in [0.15, 0.2) is 54.6 Å². The lowest BCUT2D eigenvalue weighted by atomic mass is 9.66. The smallest absolute Gasteiger partial charge is 0.408 e. The SMILES string of the molecule is O=C(N[C@H]1C[C@]2(C=CC(=O)[C@@H]3C4C=CC(C4)[C@@H]32)OC1=O)OCc1ccccc1. The van der Waals surface area contributed by atoms with Crippen LogP contribution >= 0.6 is 0 Å². The predicted molar refractivity (Wildman–Crippen MR) is 98.9 cm³/mol. The molecular weight excluding hydrogens is 358 g/mol. The summed E-state index contributed by atoms with van der Waals surface area (Å²) in [6, 6.07) is 8.57. The summed E-state index contributed by atoms with van der Waals surface area (Å²) in [6.07, 6.45) is 8.16. The Morgan fingerprint density at radius 2 is 1.96 bits per heavy atom. The topological polar surface area (TPSA) is 81.7 Å². The van der Waals surface area contributed by atoms with Crippen molar-refractivity contribution in [1.82, 2.24) is 5.32 Å². The van der Waals surface area contributed by atoms with Gasteiger partial charge in [0, 0.05) is 18.3 Å². The Hall–Kier alpha value is -2.89. The van der Waals surface area contributed by atoms with Crippen molar-refractivity contribution in [3.05, 3.63) is 60.2 Å². The number of benzene rings is 1. The number of fused-ring (bicyclic) bond motifs is 6. The number of hydrogen-bond acceptors (Lipinski definition) is 5. The van der Waals surface area contributed by atoms with E-state index in [1.807, 2.05) is 30.3 Å². The molecule has 1 aromatic rings. The van der Waals surface area contributed by atoms with Crippen molar-refractivity contribution in [3.63, 3.8) is 0 Å². The Bertz CT molecular complexity index is 891. The lowest BCUT2D eigenvalue weighted by Crippen LogP contribution is -2.48. The zero-order valence-corrected chi connectivity index (χ0v) is 15.2. The molecule has 3 aliphatic carbocycles. The van der Waals surface area contributed by atoms with E-state index in [1.54, 1.807) is 12.2 Å². The molecule has 1 heterocycles. The molecule has 2 fully saturated rings. The fourth-order valence-corrected chi connectivity index (χ4v) is 5.35. The fraction of sp³-hybridized carbons (Fsp3) is 0.409. The number of amides is 1. The normalized spacial score (nSPS) is 37.2. The highest BCUT2D eigenvalue weighted by molar-refractivity contribution is 5.95. The third-order valence-corrected chi connectivity index (χ3v) is 6.48. The van der Waals surface area contributed by atoms with Gasteiger partial charge in [0.2, 0.25) is 0 Å². The van der Waals surface area contributed by atoms with E-state index >= 15 is 0 Å². The van der Waals surface area contributed by atoms with Gasteiger partial charge in [-0.15, -0.1) is 0 Å². The number of allylic oxidation sites excluding steroid dienone is 3. The van der Waals surface area contributed by atoms with Crippen molar-refractivity contribution < 1.29 is 23.9 Å². The second kappa shape index (κ2) is 6.33. The number of carbonyl (C=O) groups excluding carboxylic acids is 3. The number of ether oxygens (including phenoxy) is 2. The van der Waals surface area contributed by atoms with Gasteiger partial charge in [-0.25, -0.2) is 9.59 Å². The average molecular weight is 379 g/mol. The molecule has 144 valence electrons. The summed E-state index contributed by atoms with van der Waals surface area (Å²) < 4.78 is 11.0. The summed E-state index contributed by atoms with van der Waals surface area (Å²) in [5.74, 6) is -0.0672. The first-order chi connectivity index (χ1) is 13.6. The molecule has 4 aliphatic rings. The van der Waals surface area contributed by atoms with Crippen LogP contribution in [0.3, 0.4) is 0 Å². The molecule has 0 aromatic heterocycles. The first-order valence-corrected chi connectivity index (χ1v) is 9.67. The molecule has 1 amide bonds. The number of nitrogens with one attached hydrogen (secondary N) is 1. The quantitative estimate of drug-likeness (QED) is 0.645. The van der Waals surface area contributed by atoms with E-state index in [-0.39, 0.29) is 36.1 Å². The maximum atomic E-state index is 12.5. The van der Waals surface area contributed by atoms with Crippen molar-refractivity contribution in [3.8, 4) is 0 Å². The van der Waals surface area contributed by atoms with Gasteiger partial charge in [0.1, 0.15) is 18.2 Å². The maximum absolute atomic E-state index is 12.5. The van der Waals surface area contributed by atoms with Gasteiger partial charge < -0.3 is 14.8 Å². The number of ketones is 1. The molecular formula is C22H21NO5. The molecule has 1 saturated carbocycles. The molecule has 6 nitrogen and oxygen atoms in total.